The molecular weight excluding hydrogens is 231 g/mol. The van der Waals surface area contributed by atoms with Gasteiger partial charge in [-0.3, -0.25) is 0 Å². The lowest BCUT2D eigenvalue weighted by Gasteiger charge is -2.43. The Labute approximate surface area is 105 Å². The summed E-state index contributed by atoms with van der Waals surface area (Å²) in [6.07, 6.45) is 2.53. The Morgan fingerprint density at radius 2 is 1.94 bits per heavy atom. The van der Waals surface area contributed by atoms with Crippen molar-refractivity contribution < 1.29 is 9.26 Å². The normalized spacial score (nSPS) is 32.4. The summed E-state index contributed by atoms with van der Waals surface area (Å²) in [4.78, 5) is 0. The Morgan fingerprint density at radius 3 is 2.47 bits per heavy atom. The van der Waals surface area contributed by atoms with Crippen molar-refractivity contribution >= 4 is 12.8 Å². The second-order valence-electron chi connectivity index (χ2n) is 5.15. The Kier molecular flexibility index (Phi) is 3.58. The van der Waals surface area contributed by atoms with E-state index in [0.717, 1.165) is 12.6 Å². The molecule has 0 spiro atoms. The molecule has 17 heavy (non-hydrogen) atoms. The van der Waals surface area contributed by atoms with Crippen LogP contribution in [0, 0.1) is 0 Å². The van der Waals surface area contributed by atoms with E-state index in [0.29, 0.717) is 6.10 Å². The van der Waals surface area contributed by atoms with Crippen LogP contribution in [0.15, 0.2) is 30.3 Å². The molecule has 0 N–H and O–H groups in total. The van der Waals surface area contributed by atoms with E-state index in [2.05, 4.69) is 51.1 Å². The maximum Gasteiger partial charge on any atom is 0.209 e. The summed E-state index contributed by atoms with van der Waals surface area (Å²) >= 11 is 0. The summed E-state index contributed by atoms with van der Waals surface area (Å²) in [6, 6.07) is 10.6. The molecule has 0 bridgehead atoms. The average molecular weight is 253 g/mol. The van der Waals surface area contributed by atoms with Gasteiger partial charge in [0.05, 0.1) is 19.4 Å². The predicted molar refractivity (Wildman–Crippen MR) is 74.1 cm³/mol. The van der Waals surface area contributed by atoms with Crippen LogP contribution in [0.1, 0.15) is 27.2 Å². The molecule has 1 aromatic carbocycles. The van der Waals surface area contributed by atoms with Crippen molar-refractivity contribution in [3.63, 3.8) is 0 Å². The molecule has 0 saturated carbocycles. The number of hydrogen-bond acceptors (Lipinski definition) is 2. The molecule has 0 radical (unpaired) electrons. The van der Waals surface area contributed by atoms with Gasteiger partial charge in [0.15, 0.2) is 0 Å². The molecule has 0 aliphatic carbocycles. The minimum absolute atomic E-state index is 0.194. The van der Waals surface area contributed by atoms with Crippen molar-refractivity contribution in [3.05, 3.63) is 30.3 Å². The van der Waals surface area contributed by atoms with Crippen LogP contribution in [0.3, 0.4) is 0 Å². The van der Waals surface area contributed by atoms with Crippen LogP contribution in [0.5, 0.6) is 0 Å². The number of rotatable bonds is 2. The summed E-state index contributed by atoms with van der Waals surface area (Å²) in [6.45, 7) is 6.50. The second kappa shape index (κ2) is 4.68. The quantitative estimate of drug-likeness (QED) is 0.752. The molecule has 3 heteroatoms. The number of hydrogen-bond donors (Lipinski definition) is 0. The van der Waals surface area contributed by atoms with Crippen LogP contribution in [0.25, 0.3) is 0 Å². The van der Waals surface area contributed by atoms with Crippen molar-refractivity contribution in [1.29, 1.82) is 0 Å². The predicted octanol–water partition coefficient (Wildman–Crippen LogP) is 3.44. The molecule has 2 nitrogen and oxygen atoms in total. The molecule has 1 saturated heterocycles. The zero-order valence-electron chi connectivity index (χ0n) is 11.1. The monoisotopic (exact) mass is 253 g/mol. The van der Waals surface area contributed by atoms with Gasteiger partial charge in [0.2, 0.25) is 12.8 Å². The minimum Gasteiger partial charge on any atom is -0.336 e. The maximum atomic E-state index is 6.16. The molecular formula is C14H22O2P+. The van der Waals surface area contributed by atoms with E-state index in [-0.39, 0.29) is 5.34 Å². The topological polar surface area (TPSA) is 18.5 Å². The highest BCUT2D eigenvalue weighted by molar-refractivity contribution is 7.79. The Balaban J connectivity index is 2.43. The van der Waals surface area contributed by atoms with Crippen molar-refractivity contribution in [2.75, 3.05) is 13.3 Å². The number of ether oxygens (including phenoxy) is 1. The fraction of sp³-hybridized carbons (Fsp3) is 0.571. The van der Waals surface area contributed by atoms with Gasteiger partial charge in [-0.15, -0.1) is 0 Å². The van der Waals surface area contributed by atoms with E-state index in [1.807, 2.05) is 7.11 Å². The van der Waals surface area contributed by atoms with Gasteiger partial charge >= 0.3 is 0 Å². The molecule has 2 rings (SSSR count). The third-order valence-corrected chi connectivity index (χ3v) is 8.18. The lowest BCUT2D eigenvalue weighted by Crippen LogP contribution is -2.43. The summed E-state index contributed by atoms with van der Waals surface area (Å²) in [5.74, 6) is 0. The minimum atomic E-state index is -1.69. The first-order valence-corrected chi connectivity index (χ1v) is 8.08. The van der Waals surface area contributed by atoms with Gasteiger partial charge in [0, 0.05) is 20.3 Å². The number of benzene rings is 1. The fourth-order valence-corrected chi connectivity index (χ4v) is 6.78. The van der Waals surface area contributed by atoms with Gasteiger partial charge in [-0.05, 0) is 19.1 Å². The van der Waals surface area contributed by atoms with Gasteiger partial charge in [0.25, 0.3) is 0 Å². The molecule has 0 aromatic heterocycles. The van der Waals surface area contributed by atoms with Crippen LogP contribution in [-0.2, 0) is 9.26 Å². The zero-order chi connectivity index (χ0) is 12.5. The fourth-order valence-electron chi connectivity index (χ4n) is 2.79. The summed E-state index contributed by atoms with van der Waals surface area (Å²) < 4.78 is 12.2. The van der Waals surface area contributed by atoms with Gasteiger partial charge in [-0.2, -0.15) is 0 Å². The van der Waals surface area contributed by atoms with Crippen molar-refractivity contribution in [3.8, 4) is 0 Å². The van der Waals surface area contributed by atoms with Crippen LogP contribution in [0.2, 0.25) is 0 Å². The molecule has 1 heterocycles. The Hall–Kier alpha value is -0.430. The van der Waals surface area contributed by atoms with Crippen molar-refractivity contribution in [2.24, 2.45) is 0 Å². The van der Waals surface area contributed by atoms with E-state index >= 15 is 0 Å². The first-order valence-electron chi connectivity index (χ1n) is 6.19. The Bertz CT molecular complexity index is 377. The lowest BCUT2D eigenvalue weighted by atomic mass is 10.3. The first kappa shape index (κ1) is 13.0. The second-order valence-corrected chi connectivity index (χ2v) is 9.03. The summed E-state index contributed by atoms with van der Waals surface area (Å²) in [7, 11) is 0.149. The first-order chi connectivity index (χ1) is 8.02. The van der Waals surface area contributed by atoms with Gasteiger partial charge < -0.3 is 4.74 Å². The third kappa shape index (κ3) is 2.14. The zero-order valence-corrected chi connectivity index (χ0v) is 12.0. The van der Waals surface area contributed by atoms with E-state index in [4.69, 9.17) is 9.26 Å². The van der Waals surface area contributed by atoms with Crippen LogP contribution >= 0.6 is 7.49 Å². The van der Waals surface area contributed by atoms with Crippen LogP contribution in [-0.4, -0.2) is 24.7 Å². The molecule has 0 amide bonds. The van der Waals surface area contributed by atoms with Crippen molar-refractivity contribution in [1.82, 2.24) is 0 Å². The lowest BCUT2D eigenvalue weighted by molar-refractivity contribution is -0.0272. The van der Waals surface area contributed by atoms with E-state index in [1.165, 1.54) is 5.30 Å². The molecule has 1 aromatic rings. The summed E-state index contributed by atoms with van der Waals surface area (Å²) in [5, 5.41) is 1.13. The van der Waals surface area contributed by atoms with Gasteiger partial charge in [-0.25, -0.2) is 4.52 Å². The molecule has 1 aliphatic rings. The van der Waals surface area contributed by atoms with Gasteiger partial charge in [-0.1, -0.05) is 18.2 Å². The largest absolute Gasteiger partial charge is 0.336 e. The standard InChI is InChI=1S/C14H22O2P/c1-12-10-11-17(15-4,14(2,3)16-12)13-8-6-5-7-9-13/h5-9,12H,10-11H2,1-4H3/q+1. The average Bonchev–Trinajstić information content (AvgIpc) is 2.30. The molecule has 1 fully saturated rings. The summed E-state index contributed by atoms with van der Waals surface area (Å²) in [5.41, 5.74) is 0. The highest BCUT2D eigenvalue weighted by atomic mass is 31.2. The third-order valence-electron chi connectivity index (χ3n) is 3.69. The molecule has 2 atom stereocenters. The molecule has 2 unspecified atom stereocenters. The highest BCUT2D eigenvalue weighted by Crippen LogP contribution is 2.71. The van der Waals surface area contributed by atoms with Gasteiger partial charge in [0.1, 0.15) is 5.30 Å². The maximum absolute atomic E-state index is 6.16. The molecule has 1 aliphatic heterocycles. The van der Waals surface area contributed by atoms with E-state index in [1.54, 1.807) is 0 Å². The highest BCUT2D eigenvalue weighted by Gasteiger charge is 2.59. The Morgan fingerprint density at radius 1 is 1.29 bits per heavy atom. The van der Waals surface area contributed by atoms with Crippen LogP contribution in [0.4, 0.5) is 0 Å². The smallest absolute Gasteiger partial charge is 0.209 e. The van der Waals surface area contributed by atoms with E-state index in [9.17, 15) is 0 Å². The van der Waals surface area contributed by atoms with Crippen LogP contribution < -0.4 is 5.30 Å². The van der Waals surface area contributed by atoms with Crippen molar-refractivity contribution in [2.45, 2.75) is 38.6 Å². The van der Waals surface area contributed by atoms with E-state index < -0.39 is 7.49 Å². The molecule has 94 valence electrons. The SMILES string of the molecule is CO[P+]1(c2ccccc2)CCC(C)OC1(C)C.